The summed E-state index contributed by atoms with van der Waals surface area (Å²) >= 11 is 0. The van der Waals surface area contributed by atoms with Crippen molar-refractivity contribution in [3.63, 3.8) is 0 Å². The summed E-state index contributed by atoms with van der Waals surface area (Å²) in [4.78, 5) is 24.7. The normalized spacial score (nSPS) is 27.0. The molecule has 10 nitrogen and oxygen atoms in total. The van der Waals surface area contributed by atoms with Gasteiger partial charge in [-0.3, -0.25) is 18.4 Å². The van der Waals surface area contributed by atoms with Crippen molar-refractivity contribution >= 4 is 13.8 Å². The molecule has 0 aromatic carbocycles. The number of anilines is 1. The summed E-state index contributed by atoms with van der Waals surface area (Å²) in [5, 5.41) is 0. The molecular formula is C12H20N3O7P. The van der Waals surface area contributed by atoms with Gasteiger partial charge in [0.25, 0.3) is 5.56 Å². The number of nitrogen functional groups attached to an aromatic ring is 1. The lowest BCUT2D eigenvalue weighted by Gasteiger charge is -2.19. The first kappa shape index (κ1) is 18.1. The molecule has 1 fully saturated rings. The van der Waals surface area contributed by atoms with E-state index in [2.05, 4.69) is 9.51 Å². The third-order valence-electron chi connectivity index (χ3n) is 3.47. The highest BCUT2D eigenvalue weighted by Crippen LogP contribution is 2.47. The van der Waals surface area contributed by atoms with Gasteiger partial charge in [0.2, 0.25) is 5.95 Å². The number of aryl methyl sites for hydroxylation is 1. The smallest absolute Gasteiger partial charge is 0.382 e. The number of phosphoric acid groups is 1. The Bertz CT molecular complexity index is 665. The van der Waals surface area contributed by atoms with Gasteiger partial charge >= 0.3 is 7.82 Å². The van der Waals surface area contributed by atoms with Crippen LogP contribution < -0.4 is 11.3 Å². The highest BCUT2D eigenvalue weighted by atomic mass is 31.2. The molecule has 2 unspecified atom stereocenters. The van der Waals surface area contributed by atoms with Crippen LogP contribution in [0.1, 0.15) is 18.2 Å². The summed E-state index contributed by atoms with van der Waals surface area (Å²) in [5.74, 6) is -0.0126. The van der Waals surface area contributed by atoms with Crippen LogP contribution in [0.5, 0.6) is 0 Å². The van der Waals surface area contributed by atoms with E-state index in [4.69, 9.17) is 19.7 Å². The van der Waals surface area contributed by atoms with Crippen LogP contribution >= 0.6 is 7.82 Å². The number of nitrogens with zero attached hydrogens (tertiary/aromatic N) is 2. The first-order valence-corrected chi connectivity index (χ1v) is 8.33. The summed E-state index contributed by atoms with van der Waals surface area (Å²) in [6.45, 7) is 1.76. The summed E-state index contributed by atoms with van der Waals surface area (Å²) in [6, 6.07) is 0. The Morgan fingerprint density at radius 1 is 1.57 bits per heavy atom. The van der Waals surface area contributed by atoms with Crippen LogP contribution in [0.3, 0.4) is 0 Å². The molecule has 0 aliphatic carbocycles. The van der Waals surface area contributed by atoms with Gasteiger partial charge in [-0.05, 0) is 6.92 Å². The molecule has 1 saturated heterocycles. The van der Waals surface area contributed by atoms with Gasteiger partial charge in [0.1, 0.15) is 18.4 Å². The predicted molar refractivity (Wildman–Crippen MR) is 79.8 cm³/mol. The van der Waals surface area contributed by atoms with Crippen LogP contribution in [-0.4, -0.2) is 47.5 Å². The van der Waals surface area contributed by atoms with E-state index in [0.29, 0.717) is 5.56 Å². The molecule has 1 aromatic heterocycles. The molecular weight excluding hydrogens is 329 g/mol. The lowest BCUT2D eigenvalue weighted by molar-refractivity contribution is -0.0528. The molecule has 0 bridgehead atoms. The third-order valence-corrected chi connectivity index (χ3v) is 4.47. The van der Waals surface area contributed by atoms with E-state index < -0.39 is 31.8 Å². The monoisotopic (exact) mass is 349 g/mol. The van der Waals surface area contributed by atoms with Crippen LogP contribution in [0, 0.1) is 6.92 Å². The Kier molecular flexibility index (Phi) is 5.56. The van der Waals surface area contributed by atoms with E-state index in [1.54, 1.807) is 6.92 Å². The number of phosphoric ester groups is 1. The van der Waals surface area contributed by atoms with Crippen LogP contribution in [-0.2, 0) is 23.1 Å². The zero-order valence-electron chi connectivity index (χ0n) is 13.0. The van der Waals surface area contributed by atoms with Crippen molar-refractivity contribution in [3.8, 4) is 0 Å². The van der Waals surface area contributed by atoms with E-state index >= 15 is 0 Å². The fraction of sp³-hybridized carbons (Fsp3) is 0.667. The number of nitrogens with two attached hydrogens (primary N) is 1. The Balaban J connectivity index is 2.24. The van der Waals surface area contributed by atoms with Crippen molar-refractivity contribution in [1.82, 2.24) is 9.55 Å². The standard InChI is InChI=1S/C12H20N3O7P/c1-7-5-15(12(13)14-11(7)16)10-4-8(9(21-10)6-19-2)22-23(17,18)20-3/h5,8-10H,4,6H2,1-3H3,(H,17,18)(H2,13,14,16)/t8?,9-,10-/m1/s1. The maximum absolute atomic E-state index is 11.6. The summed E-state index contributed by atoms with van der Waals surface area (Å²) in [5.41, 5.74) is 5.74. The van der Waals surface area contributed by atoms with Crippen molar-refractivity contribution in [3.05, 3.63) is 22.1 Å². The molecule has 4 atom stereocenters. The van der Waals surface area contributed by atoms with Gasteiger partial charge < -0.3 is 20.1 Å². The number of hydrogen-bond acceptors (Lipinski definition) is 8. The van der Waals surface area contributed by atoms with E-state index in [1.807, 2.05) is 0 Å². The average Bonchev–Trinajstić information content (AvgIpc) is 2.85. The second-order valence-corrected chi connectivity index (χ2v) is 6.62. The molecule has 3 N–H and O–H groups in total. The lowest BCUT2D eigenvalue weighted by atomic mass is 10.2. The van der Waals surface area contributed by atoms with E-state index in [9.17, 15) is 14.3 Å². The molecule has 0 saturated carbocycles. The maximum Gasteiger partial charge on any atom is 0.472 e. The number of aromatic nitrogens is 2. The number of hydrogen-bond donors (Lipinski definition) is 2. The number of rotatable bonds is 6. The summed E-state index contributed by atoms with van der Waals surface area (Å²) in [6.07, 6.45) is -0.203. The third kappa shape index (κ3) is 4.17. The quantitative estimate of drug-likeness (QED) is 0.690. The van der Waals surface area contributed by atoms with Crippen LogP contribution in [0.15, 0.2) is 11.0 Å². The Labute approximate surface area is 132 Å². The van der Waals surface area contributed by atoms with Crippen molar-refractivity contribution in [1.29, 1.82) is 0 Å². The highest BCUT2D eigenvalue weighted by Gasteiger charge is 2.41. The lowest BCUT2D eigenvalue weighted by Crippen LogP contribution is -2.28. The first-order chi connectivity index (χ1) is 10.8. The van der Waals surface area contributed by atoms with Gasteiger partial charge in [0, 0.05) is 32.4 Å². The zero-order chi connectivity index (χ0) is 17.2. The van der Waals surface area contributed by atoms with Crippen molar-refractivity contribution in [2.75, 3.05) is 26.6 Å². The van der Waals surface area contributed by atoms with Crippen molar-refractivity contribution < 1.29 is 28.0 Å². The van der Waals surface area contributed by atoms with E-state index in [0.717, 1.165) is 7.11 Å². The van der Waals surface area contributed by atoms with Crippen molar-refractivity contribution in [2.24, 2.45) is 0 Å². The molecule has 0 amide bonds. The minimum absolute atomic E-state index is 0.0126. The Hall–Kier alpha value is -1.29. The SMILES string of the molecule is COC[C@H]1O[C@@H](n2cc(C)c(=O)nc2N)CC1OP(=O)(O)OC. The second-order valence-electron chi connectivity index (χ2n) is 5.11. The van der Waals surface area contributed by atoms with Gasteiger partial charge in [0.15, 0.2) is 0 Å². The first-order valence-electron chi connectivity index (χ1n) is 6.84. The molecule has 0 radical (unpaired) electrons. The predicted octanol–water partition coefficient (Wildman–Crippen LogP) is 0.200. The second kappa shape index (κ2) is 7.08. The number of ether oxygens (including phenoxy) is 2. The van der Waals surface area contributed by atoms with E-state index in [-0.39, 0.29) is 19.0 Å². The molecule has 0 spiro atoms. The summed E-state index contributed by atoms with van der Waals surface area (Å²) in [7, 11) is -1.62. The average molecular weight is 349 g/mol. The number of methoxy groups -OCH3 is 1. The fourth-order valence-electron chi connectivity index (χ4n) is 2.32. The van der Waals surface area contributed by atoms with Crippen LogP contribution in [0.25, 0.3) is 0 Å². The van der Waals surface area contributed by atoms with Gasteiger partial charge in [-0.25, -0.2) is 4.57 Å². The zero-order valence-corrected chi connectivity index (χ0v) is 13.9. The van der Waals surface area contributed by atoms with Crippen LogP contribution in [0.4, 0.5) is 5.95 Å². The van der Waals surface area contributed by atoms with Gasteiger partial charge in [-0.15, -0.1) is 0 Å². The Morgan fingerprint density at radius 2 is 2.26 bits per heavy atom. The molecule has 11 heteroatoms. The minimum atomic E-state index is -4.17. The van der Waals surface area contributed by atoms with E-state index in [1.165, 1.54) is 17.9 Å². The molecule has 1 aliphatic heterocycles. The van der Waals surface area contributed by atoms with Gasteiger partial charge in [0.05, 0.1) is 6.61 Å². The molecule has 130 valence electrons. The minimum Gasteiger partial charge on any atom is -0.382 e. The maximum atomic E-state index is 11.6. The van der Waals surface area contributed by atoms with Gasteiger partial charge in [-0.1, -0.05) is 0 Å². The Morgan fingerprint density at radius 3 is 2.87 bits per heavy atom. The molecule has 1 aromatic rings. The molecule has 1 aliphatic rings. The molecule has 2 rings (SSSR count). The topological polar surface area (TPSA) is 135 Å². The molecule has 2 heterocycles. The molecule has 23 heavy (non-hydrogen) atoms. The summed E-state index contributed by atoms with van der Waals surface area (Å²) < 4.78 is 33.5. The van der Waals surface area contributed by atoms with Gasteiger partial charge in [-0.2, -0.15) is 4.98 Å². The highest BCUT2D eigenvalue weighted by molar-refractivity contribution is 7.47. The van der Waals surface area contributed by atoms with Crippen molar-refractivity contribution in [2.45, 2.75) is 31.8 Å². The van der Waals surface area contributed by atoms with Crippen LogP contribution in [0.2, 0.25) is 0 Å². The largest absolute Gasteiger partial charge is 0.472 e. The fourth-order valence-corrected chi connectivity index (χ4v) is 2.97.